The van der Waals surface area contributed by atoms with Gasteiger partial charge in [-0.2, -0.15) is 0 Å². The Hall–Kier alpha value is -2.42. The molecule has 0 amide bonds. The molecule has 0 heterocycles. The number of carbonyl (C=O) groups is 2. The third kappa shape index (κ3) is 2.08. The van der Waals surface area contributed by atoms with Gasteiger partial charge in [0.2, 0.25) is 0 Å². The summed E-state index contributed by atoms with van der Waals surface area (Å²) in [6, 6.07) is 14.0. The van der Waals surface area contributed by atoms with Gasteiger partial charge in [0, 0.05) is 5.56 Å². The molecule has 0 spiro atoms. The van der Waals surface area contributed by atoms with Gasteiger partial charge in [0.1, 0.15) is 0 Å². The molecule has 0 aliphatic carbocycles. The van der Waals surface area contributed by atoms with E-state index >= 15 is 0 Å². The Labute approximate surface area is 98.3 Å². The van der Waals surface area contributed by atoms with Crippen LogP contribution in [-0.4, -0.2) is 17.4 Å². The van der Waals surface area contributed by atoms with E-state index in [4.69, 9.17) is 0 Å². The smallest absolute Gasteiger partial charge is 0.337 e. The highest BCUT2D eigenvalue weighted by Gasteiger charge is 2.15. The maximum atomic E-state index is 11.2. The third-order valence-electron chi connectivity index (χ3n) is 2.52. The van der Waals surface area contributed by atoms with Gasteiger partial charge in [-0.1, -0.05) is 48.5 Å². The van der Waals surface area contributed by atoms with Gasteiger partial charge >= 0.3 is 5.97 Å². The van der Waals surface area contributed by atoms with Crippen LogP contribution in [0.3, 0.4) is 0 Å². The van der Waals surface area contributed by atoms with Gasteiger partial charge in [0.15, 0.2) is 6.29 Å². The summed E-state index contributed by atoms with van der Waals surface area (Å²) in [5, 5.41) is 9.18. The molecular weight excluding hydrogens is 216 g/mol. The first-order valence-corrected chi connectivity index (χ1v) is 5.11. The van der Waals surface area contributed by atoms with Crippen LogP contribution in [0.4, 0.5) is 0 Å². The van der Waals surface area contributed by atoms with Crippen molar-refractivity contribution < 1.29 is 14.7 Å². The fourth-order valence-corrected chi connectivity index (χ4v) is 1.77. The van der Waals surface area contributed by atoms with Gasteiger partial charge in [0.05, 0.1) is 5.56 Å². The van der Waals surface area contributed by atoms with E-state index in [2.05, 4.69) is 0 Å². The van der Waals surface area contributed by atoms with E-state index in [9.17, 15) is 14.7 Å². The lowest BCUT2D eigenvalue weighted by atomic mass is 9.96. The molecule has 0 atom stereocenters. The average Bonchev–Trinajstić information content (AvgIpc) is 2.38. The molecule has 84 valence electrons. The predicted octanol–water partition coefficient (Wildman–Crippen LogP) is 2.86. The lowest BCUT2D eigenvalue weighted by Gasteiger charge is -2.08. The first-order valence-electron chi connectivity index (χ1n) is 5.11. The zero-order valence-corrected chi connectivity index (χ0v) is 8.96. The molecule has 2 aromatic rings. The molecule has 2 rings (SSSR count). The molecule has 0 radical (unpaired) electrons. The molecule has 1 N–H and O–H groups in total. The highest BCUT2D eigenvalue weighted by molar-refractivity contribution is 6.03. The van der Waals surface area contributed by atoms with Crippen molar-refractivity contribution in [3.63, 3.8) is 0 Å². The molecule has 0 aliphatic rings. The minimum Gasteiger partial charge on any atom is -0.478 e. The van der Waals surface area contributed by atoms with Crippen molar-refractivity contribution in [2.24, 2.45) is 0 Å². The van der Waals surface area contributed by atoms with Crippen LogP contribution >= 0.6 is 0 Å². The van der Waals surface area contributed by atoms with Crippen LogP contribution in [-0.2, 0) is 0 Å². The van der Waals surface area contributed by atoms with E-state index in [1.54, 1.807) is 12.1 Å². The van der Waals surface area contributed by atoms with Crippen molar-refractivity contribution in [2.75, 3.05) is 0 Å². The van der Waals surface area contributed by atoms with Crippen LogP contribution in [0.2, 0.25) is 0 Å². The normalized spacial score (nSPS) is 9.88. The van der Waals surface area contributed by atoms with Crippen molar-refractivity contribution in [3.8, 4) is 11.1 Å². The van der Waals surface area contributed by atoms with Crippen molar-refractivity contribution in [2.45, 2.75) is 0 Å². The van der Waals surface area contributed by atoms with E-state index in [1.807, 2.05) is 30.3 Å². The molecular formula is C14H10O3. The van der Waals surface area contributed by atoms with Gasteiger partial charge in [-0.3, -0.25) is 4.79 Å². The van der Waals surface area contributed by atoms with Gasteiger partial charge < -0.3 is 5.11 Å². The highest BCUT2D eigenvalue weighted by atomic mass is 16.4. The summed E-state index contributed by atoms with van der Waals surface area (Å²) >= 11 is 0. The van der Waals surface area contributed by atoms with Crippen LogP contribution in [0.1, 0.15) is 20.7 Å². The number of hydrogen-bond donors (Lipinski definition) is 1. The van der Waals surface area contributed by atoms with E-state index in [-0.39, 0.29) is 11.1 Å². The monoisotopic (exact) mass is 226 g/mol. The first-order chi connectivity index (χ1) is 8.24. The molecule has 2 aromatic carbocycles. The number of aldehydes is 1. The van der Waals surface area contributed by atoms with Crippen LogP contribution < -0.4 is 0 Å². The van der Waals surface area contributed by atoms with Crippen molar-refractivity contribution in [1.29, 1.82) is 0 Å². The molecule has 0 aromatic heterocycles. The maximum Gasteiger partial charge on any atom is 0.337 e. The fraction of sp³-hybridized carbons (Fsp3) is 0. The molecule has 0 saturated carbocycles. The Morgan fingerprint density at radius 3 is 2.29 bits per heavy atom. The van der Waals surface area contributed by atoms with Crippen LogP contribution in [0.25, 0.3) is 11.1 Å². The summed E-state index contributed by atoms with van der Waals surface area (Å²) in [6.45, 7) is 0. The Kier molecular flexibility index (Phi) is 3.01. The SMILES string of the molecule is O=Cc1cccc(-c2ccccc2)c1C(=O)O. The van der Waals surface area contributed by atoms with Crippen molar-refractivity contribution in [3.05, 3.63) is 59.7 Å². The summed E-state index contributed by atoms with van der Waals surface area (Å²) in [5.74, 6) is -1.09. The molecule has 0 saturated heterocycles. The standard InChI is InChI=1S/C14H10O3/c15-9-11-7-4-8-12(13(11)14(16)17)10-5-2-1-3-6-10/h1-9H,(H,16,17). The number of carboxylic acid groups (broad SMARTS) is 1. The molecule has 0 unspecified atom stereocenters. The molecule has 17 heavy (non-hydrogen) atoms. The molecule has 3 nitrogen and oxygen atoms in total. The Balaban J connectivity index is 2.70. The zero-order valence-electron chi connectivity index (χ0n) is 8.96. The van der Waals surface area contributed by atoms with Gasteiger partial charge in [0.25, 0.3) is 0 Å². The van der Waals surface area contributed by atoms with E-state index in [0.29, 0.717) is 11.8 Å². The zero-order chi connectivity index (χ0) is 12.3. The highest BCUT2D eigenvalue weighted by Crippen LogP contribution is 2.25. The van der Waals surface area contributed by atoms with Crippen molar-refractivity contribution in [1.82, 2.24) is 0 Å². The first kappa shape index (κ1) is 11.1. The number of carbonyl (C=O) groups excluding carboxylic acids is 1. The summed E-state index contributed by atoms with van der Waals surface area (Å²) in [4.78, 5) is 22.1. The van der Waals surface area contributed by atoms with E-state index in [1.165, 1.54) is 6.07 Å². The average molecular weight is 226 g/mol. The Bertz CT molecular complexity index is 559. The van der Waals surface area contributed by atoms with E-state index < -0.39 is 5.97 Å². The largest absolute Gasteiger partial charge is 0.478 e. The van der Waals surface area contributed by atoms with E-state index in [0.717, 1.165) is 5.56 Å². The molecule has 3 heteroatoms. The van der Waals surface area contributed by atoms with Crippen molar-refractivity contribution >= 4 is 12.3 Å². The third-order valence-corrected chi connectivity index (χ3v) is 2.52. The van der Waals surface area contributed by atoms with Gasteiger partial charge in [-0.15, -0.1) is 0 Å². The number of hydrogen-bond acceptors (Lipinski definition) is 2. The predicted molar refractivity (Wildman–Crippen MR) is 64.2 cm³/mol. The second-order valence-electron chi connectivity index (χ2n) is 3.56. The Morgan fingerprint density at radius 1 is 1.00 bits per heavy atom. The quantitative estimate of drug-likeness (QED) is 0.819. The molecule has 0 bridgehead atoms. The van der Waals surface area contributed by atoms with Crippen LogP contribution in [0.5, 0.6) is 0 Å². The minimum absolute atomic E-state index is 0.0497. The fourth-order valence-electron chi connectivity index (χ4n) is 1.77. The van der Waals surface area contributed by atoms with Gasteiger partial charge in [-0.25, -0.2) is 4.79 Å². The summed E-state index contributed by atoms with van der Waals surface area (Å²) in [7, 11) is 0. The summed E-state index contributed by atoms with van der Waals surface area (Å²) in [5.41, 5.74) is 1.59. The second kappa shape index (κ2) is 4.61. The molecule has 0 fully saturated rings. The second-order valence-corrected chi connectivity index (χ2v) is 3.56. The van der Waals surface area contributed by atoms with Crippen LogP contribution in [0, 0.1) is 0 Å². The summed E-state index contributed by atoms with van der Waals surface area (Å²) in [6.07, 6.45) is 0.565. The lowest BCUT2D eigenvalue weighted by molar-refractivity contribution is 0.0695. The van der Waals surface area contributed by atoms with Gasteiger partial charge in [-0.05, 0) is 11.1 Å². The maximum absolute atomic E-state index is 11.2. The van der Waals surface area contributed by atoms with Crippen LogP contribution in [0.15, 0.2) is 48.5 Å². The number of rotatable bonds is 3. The number of carboxylic acids is 1. The molecule has 0 aliphatic heterocycles. The number of aromatic carboxylic acids is 1. The summed E-state index contributed by atoms with van der Waals surface area (Å²) < 4.78 is 0. The number of benzene rings is 2. The minimum atomic E-state index is -1.09. The Morgan fingerprint density at radius 2 is 1.71 bits per heavy atom. The lowest BCUT2D eigenvalue weighted by Crippen LogP contribution is -2.04. The topological polar surface area (TPSA) is 54.4 Å².